The number of hydrogen-bond acceptors (Lipinski definition) is 4. The summed E-state index contributed by atoms with van der Waals surface area (Å²) < 4.78 is 26.9. The van der Waals surface area contributed by atoms with Crippen molar-refractivity contribution in [2.45, 2.75) is 36.7 Å². The molecule has 128 valence electrons. The third-order valence-electron chi connectivity index (χ3n) is 4.23. The van der Waals surface area contributed by atoms with Gasteiger partial charge in [0.15, 0.2) is 0 Å². The maximum Gasteiger partial charge on any atom is 0.243 e. The second kappa shape index (κ2) is 6.74. The SMILES string of the molecule is C[C@@H](NC(=O)[C@@H]1CCCN1S(=O)(=O)c1ccccc1)c1cn[nH]c1. The monoisotopic (exact) mass is 348 g/mol. The lowest BCUT2D eigenvalue weighted by molar-refractivity contribution is -0.124. The van der Waals surface area contributed by atoms with E-state index in [1.54, 1.807) is 42.7 Å². The zero-order valence-electron chi connectivity index (χ0n) is 13.3. The first-order valence-corrected chi connectivity index (χ1v) is 9.30. The summed E-state index contributed by atoms with van der Waals surface area (Å²) in [5, 5.41) is 9.43. The highest BCUT2D eigenvalue weighted by molar-refractivity contribution is 7.89. The summed E-state index contributed by atoms with van der Waals surface area (Å²) in [5.74, 6) is -0.277. The van der Waals surface area contributed by atoms with E-state index in [-0.39, 0.29) is 16.8 Å². The van der Waals surface area contributed by atoms with Crippen LogP contribution in [0.5, 0.6) is 0 Å². The van der Waals surface area contributed by atoms with E-state index in [9.17, 15) is 13.2 Å². The topological polar surface area (TPSA) is 95.2 Å². The fraction of sp³-hybridized carbons (Fsp3) is 0.375. The highest BCUT2D eigenvalue weighted by atomic mass is 32.2. The van der Waals surface area contributed by atoms with Crippen LogP contribution in [0.1, 0.15) is 31.4 Å². The van der Waals surface area contributed by atoms with Gasteiger partial charge in [-0.05, 0) is 31.9 Å². The van der Waals surface area contributed by atoms with Crippen LogP contribution in [0.2, 0.25) is 0 Å². The van der Waals surface area contributed by atoms with Crippen LogP contribution in [-0.4, -0.2) is 41.4 Å². The standard InChI is InChI=1S/C16H20N4O3S/c1-12(13-10-17-18-11-13)19-16(21)15-8-5-9-20(15)24(22,23)14-6-3-2-4-7-14/h2-4,6-7,10-12,15H,5,8-9H2,1H3,(H,17,18)(H,19,21)/t12-,15+/m1/s1. The molecule has 1 amide bonds. The molecule has 1 fully saturated rings. The molecule has 2 atom stereocenters. The number of nitrogens with zero attached hydrogens (tertiary/aromatic N) is 2. The van der Waals surface area contributed by atoms with Crippen LogP contribution < -0.4 is 5.32 Å². The molecule has 1 aromatic heterocycles. The van der Waals surface area contributed by atoms with Gasteiger partial charge in [-0.2, -0.15) is 9.40 Å². The van der Waals surface area contributed by atoms with Crippen LogP contribution in [0.15, 0.2) is 47.6 Å². The predicted molar refractivity (Wildman–Crippen MR) is 88.5 cm³/mol. The second-order valence-corrected chi connectivity index (χ2v) is 7.74. The van der Waals surface area contributed by atoms with Gasteiger partial charge in [0, 0.05) is 18.3 Å². The number of amides is 1. The number of aromatic nitrogens is 2. The van der Waals surface area contributed by atoms with Gasteiger partial charge < -0.3 is 5.32 Å². The molecule has 24 heavy (non-hydrogen) atoms. The molecular weight excluding hydrogens is 328 g/mol. The Kier molecular flexibility index (Phi) is 4.68. The minimum Gasteiger partial charge on any atom is -0.348 e. The van der Waals surface area contributed by atoms with E-state index in [2.05, 4.69) is 15.5 Å². The number of benzene rings is 1. The molecule has 1 aliphatic rings. The van der Waals surface area contributed by atoms with Crippen molar-refractivity contribution < 1.29 is 13.2 Å². The van der Waals surface area contributed by atoms with Gasteiger partial charge in [0.05, 0.1) is 17.1 Å². The number of hydrogen-bond donors (Lipinski definition) is 2. The average molecular weight is 348 g/mol. The van der Waals surface area contributed by atoms with Crippen molar-refractivity contribution in [1.82, 2.24) is 19.8 Å². The second-order valence-electron chi connectivity index (χ2n) is 5.85. The Balaban J connectivity index is 1.77. The molecule has 2 aromatic rings. The first-order valence-electron chi connectivity index (χ1n) is 7.86. The van der Waals surface area contributed by atoms with Crippen LogP contribution in [0.4, 0.5) is 0 Å². The summed E-state index contributed by atoms with van der Waals surface area (Å²) in [6.45, 7) is 2.20. The molecule has 3 rings (SSSR count). The first-order chi connectivity index (χ1) is 11.5. The Morgan fingerprint density at radius 2 is 2.12 bits per heavy atom. The molecule has 0 aliphatic carbocycles. The third-order valence-corrected chi connectivity index (χ3v) is 6.16. The lowest BCUT2D eigenvalue weighted by atomic mass is 10.1. The number of sulfonamides is 1. The van der Waals surface area contributed by atoms with Gasteiger partial charge in [-0.3, -0.25) is 9.89 Å². The number of carbonyl (C=O) groups is 1. The van der Waals surface area contributed by atoms with Crippen molar-refractivity contribution in [2.24, 2.45) is 0 Å². The van der Waals surface area contributed by atoms with Gasteiger partial charge in [-0.25, -0.2) is 8.42 Å². The minimum atomic E-state index is -3.67. The van der Waals surface area contributed by atoms with E-state index >= 15 is 0 Å². The number of carbonyl (C=O) groups excluding carboxylic acids is 1. The number of nitrogens with one attached hydrogen (secondary N) is 2. The summed E-state index contributed by atoms with van der Waals surface area (Å²) in [7, 11) is -3.67. The zero-order chi connectivity index (χ0) is 17.2. The molecule has 0 unspecified atom stereocenters. The summed E-state index contributed by atoms with van der Waals surface area (Å²) in [5.41, 5.74) is 0.846. The molecule has 0 bridgehead atoms. The van der Waals surface area contributed by atoms with Crippen LogP contribution in [-0.2, 0) is 14.8 Å². The predicted octanol–water partition coefficient (Wildman–Crippen LogP) is 1.44. The Labute approximate surface area is 141 Å². The van der Waals surface area contributed by atoms with Crippen molar-refractivity contribution in [3.8, 4) is 0 Å². The summed E-state index contributed by atoms with van der Waals surface area (Å²) in [6.07, 6.45) is 4.54. The van der Waals surface area contributed by atoms with Gasteiger partial charge in [0.25, 0.3) is 0 Å². The summed E-state index contributed by atoms with van der Waals surface area (Å²) >= 11 is 0. The Hall–Kier alpha value is -2.19. The summed E-state index contributed by atoms with van der Waals surface area (Å²) in [4.78, 5) is 12.8. The minimum absolute atomic E-state index is 0.215. The lowest BCUT2D eigenvalue weighted by Crippen LogP contribution is -2.46. The Morgan fingerprint density at radius 3 is 2.79 bits per heavy atom. The van der Waals surface area contributed by atoms with Crippen molar-refractivity contribution in [1.29, 1.82) is 0 Å². The van der Waals surface area contributed by atoms with E-state index in [1.807, 2.05) is 6.92 Å². The van der Waals surface area contributed by atoms with Gasteiger partial charge in [0.2, 0.25) is 15.9 Å². The maximum atomic E-state index is 12.8. The van der Waals surface area contributed by atoms with Gasteiger partial charge in [-0.1, -0.05) is 18.2 Å². The lowest BCUT2D eigenvalue weighted by Gasteiger charge is -2.24. The first kappa shape index (κ1) is 16.7. The summed E-state index contributed by atoms with van der Waals surface area (Å²) in [6, 6.07) is 7.31. The van der Waals surface area contributed by atoms with Crippen molar-refractivity contribution in [3.05, 3.63) is 48.3 Å². The normalized spacial score (nSPS) is 20.0. The van der Waals surface area contributed by atoms with E-state index in [0.717, 1.165) is 5.56 Å². The van der Waals surface area contributed by atoms with E-state index < -0.39 is 16.1 Å². The smallest absolute Gasteiger partial charge is 0.243 e. The van der Waals surface area contributed by atoms with Crippen molar-refractivity contribution in [3.63, 3.8) is 0 Å². The van der Waals surface area contributed by atoms with E-state index in [4.69, 9.17) is 0 Å². The largest absolute Gasteiger partial charge is 0.348 e. The molecule has 2 N–H and O–H groups in total. The highest BCUT2D eigenvalue weighted by Gasteiger charge is 2.39. The van der Waals surface area contributed by atoms with Crippen molar-refractivity contribution >= 4 is 15.9 Å². The Morgan fingerprint density at radius 1 is 1.38 bits per heavy atom. The van der Waals surface area contributed by atoms with Gasteiger partial charge >= 0.3 is 0 Å². The molecular formula is C16H20N4O3S. The molecule has 7 nitrogen and oxygen atoms in total. The molecule has 0 spiro atoms. The van der Waals surface area contributed by atoms with Crippen LogP contribution in [0.25, 0.3) is 0 Å². The average Bonchev–Trinajstić information content (AvgIpc) is 3.27. The molecule has 1 aromatic carbocycles. The van der Waals surface area contributed by atoms with Gasteiger partial charge in [-0.15, -0.1) is 0 Å². The fourth-order valence-electron chi connectivity index (χ4n) is 2.91. The number of aromatic amines is 1. The molecule has 0 radical (unpaired) electrons. The molecule has 1 aliphatic heterocycles. The number of rotatable bonds is 5. The quantitative estimate of drug-likeness (QED) is 0.855. The molecule has 0 saturated carbocycles. The molecule has 1 saturated heterocycles. The van der Waals surface area contributed by atoms with E-state index in [1.165, 1.54) is 4.31 Å². The Bertz CT molecular complexity index is 790. The maximum absolute atomic E-state index is 12.8. The van der Waals surface area contributed by atoms with Crippen LogP contribution in [0, 0.1) is 0 Å². The number of H-pyrrole nitrogens is 1. The van der Waals surface area contributed by atoms with Gasteiger partial charge in [0.1, 0.15) is 6.04 Å². The van der Waals surface area contributed by atoms with Crippen LogP contribution >= 0.6 is 0 Å². The molecule has 2 heterocycles. The van der Waals surface area contributed by atoms with Crippen LogP contribution in [0.3, 0.4) is 0 Å². The fourth-order valence-corrected chi connectivity index (χ4v) is 4.59. The van der Waals surface area contributed by atoms with Crippen molar-refractivity contribution in [2.75, 3.05) is 6.54 Å². The zero-order valence-corrected chi connectivity index (χ0v) is 14.2. The highest BCUT2D eigenvalue weighted by Crippen LogP contribution is 2.26. The third kappa shape index (κ3) is 3.20. The van der Waals surface area contributed by atoms with E-state index in [0.29, 0.717) is 19.4 Å². The molecule has 8 heteroatoms.